The molecule has 0 aliphatic heterocycles. The average Bonchev–Trinajstić information content (AvgIpc) is 3.19. The number of anilines is 2. The van der Waals surface area contributed by atoms with Crippen molar-refractivity contribution in [2.75, 3.05) is 24.9 Å². The molecule has 180 valence electrons. The molecule has 0 aliphatic rings. The Hall–Kier alpha value is -3.40. The van der Waals surface area contributed by atoms with Gasteiger partial charge in [-0.1, -0.05) is 16.8 Å². The van der Waals surface area contributed by atoms with E-state index in [-0.39, 0.29) is 24.8 Å². The summed E-state index contributed by atoms with van der Waals surface area (Å²) in [5.74, 6) is 3.06. The number of aryl methyl sites for hydroxylation is 1. The third kappa shape index (κ3) is 5.93. The summed E-state index contributed by atoms with van der Waals surface area (Å²) in [7, 11) is 3.13. The SMILES string of the molecule is COc1cc2nccc(Oc3ccc(NC(=O)Nc4cc(C)on4)c(Cl)c3)c2cc1OC.Cl.Cl. The Kier molecular flexibility index (Phi) is 9.19. The van der Waals surface area contributed by atoms with Gasteiger partial charge in [0.25, 0.3) is 0 Å². The van der Waals surface area contributed by atoms with Crippen molar-refractivity contribution < 1.29 is 23.5 Å². The first-order chi connectivity index (χ1) is 15.5. The van der Waals surface area contributed by atoms with Crippen molar-refractivity contribution in [3.63, 3.8) is 0 Å². The van der Waals surface area contributed by atoms with Gasteiger partial charge >= 0.3 is 6.03 Å². The zero-order chi connectivity index (χ0) is 22.7. The molecule has 0 fully saturated rings. The maximum atomic E-state index is 12.2. The Balaban J connectivity index is 0.00000204. The average molecular weight is 528 g/mol. The van der Waals surface area contributed by atoms with Crippen LogP contribution in [0.2, 0.25) is 5.02 Å². The Morgan fingerprint density at radius 2 is 1.71 bits per heavy atom. The van der Waals surface area contributed by atoms with Crippen LogP contribution in [-0.4, -0.2) is 30.4 Å². The number of halogens is 3. The van der Waals surface area contributed by atoms with Crippen molar-refractivity contribution in [1.82, 2.24) is 10.1 Å². The molecule has 4 aromatic rings. The minimum atomic E-state index is -0.505. The summed E-state index contributed by atoms with van der Waals surface area (Å²) in [6.45, 7) is 1.73. The van der Waals surface area contributed by atoms with Crippen LogP contribution in [0.25, 0.3) is 10.9 Å². The third-order valence-corrected chi connectivity index (χ3v) is 4.81. The second-order valence-electron chi connectivity index (χ2n) is 6.68. The van der Waals surface area contributed by atoms with Gasteiger partial charge in [0.2, 0.25) is 0 Å². The van der Waals surface area contributed by atoms with Crippen LogP contribution < -0.4 is 24.8 Å². The number of nitrogens with zero attached hydrogens (tertiary/aromatic N) is 2. The van der Waals surface area contributed by atoms with Gasteiger partial charge in [-0.3, -0.25) is 10.3 Å². The highest BCUT2D eigenvalue weighted by molar-refractivity contribution is 6.34. The lowest BCUT2D eigenvalue weighted by Gasteiger charge is -2.13. The van der Waals surface area contributed by atoms with Gasteiger partial charge in [-0.15, -0.1) is 24.8 Å². The van der Waals surface area contributed by atoms with E-state index < -0.39 is 6.03 Å². The molecule has 0 aliphatic carbocycles. The molecule has 0 unspecified atom stereocenters. The van der Waals surface area contributed by atoms with Crippen molar-refractivity contribution >= 4 is 64.9 Å². The van der Waals surface area contributed by atoms with Crippen LogP contribution >= 0.6 is 36.4 Å². The fourth-order valence-corrected chi connectivity index (χ4v) is 3.24. The van der Waals surface area contributed by atoms with E-state index in [0.717, 1.165) is 5.39 Å². The van der Waals surface area contributed by atoms with Crippen molar-refractivity contribution in [1.29, 1.82) is 0 Å². The van der Waals surface area contributed by atoms with Crippen LogP contribution in [0, 0.1) is 6.92 Å². The van der Waals surface area contributed by atoms with Crippen molar-refractivity contribution in [2.24, 2.45) is 0 Å². The third-order valence-electron chi connectivity index (χ3n) is 4.49. The fourth-order valence-electron chi connectivity index (χ4n) is 3.02. The second kappa shape index (κ2) is 11.6. The number of benzene rings is 2. The first-order valence-corrected chi connectivity index (χ1v) is 9.84. The molecule has 2 heterocycles. The summed E-state index contributed by atoms with van der Waals surface area (Å²) in [5.41, 5.74) is 1.09. The number of methoxy groups -OCH3 is 2. The van der Waals surface area contributed by atoms with E-state index in [4.69, 9.17) is 30.3 Å². The predicted molar refractivity (Wildman–Crippen MR) is 135 cm³/mol. The van der Waals surface area contributed by atoms with E-state index in [1.807, 2.05) is 0 Å². The van der Waals surface area contributed by atoms with Crippen LogP contribution in [0.15, 0.2) is 53.2 Å². The Labute approximate surface area is 212 Å². The number of urea groups is 1. The number of ether oxygens (including phenoxy) is 3. The lowest BCUT2D eigenvalue weighted by molar-refractivity contribution is 0.262. The minimum absolute atomic E-state index is 0. The number of pyridine rings is 1. The monoisotopic (exact) mass is 526 g/mol. The molecule has 0 radical (unpaired) electrons. The minimum Gasteiger partial charge on any atom is -0.493 e. The lowest BCUT2D eigenvalue weighted by atomic mass is 10.2. The Morgan fingerprint density at radius 3 is 2.35 bits per heavy atom. The maximum Gasteiger partial charge on any atom is 0.324 e. The number of hydrogen-bond acceptors (Lipinski definition) is 7. The van der Waals surface area contributed by atoms with Gasteiger partial charge in [0.05, 0.1) is 30.4 Å². The number of fused-ring (bicyclic) bond motifs is 1. The van der Waals surface area contributed by atoms with Crippen LogP contribution in [0.5, 0.6) is 23.0 Å². The zero-order valence-corrected chi connectivity index (χ0v) is 20.6. The summed E-state index contributed by atoms with van der Waals surface area (Å²) < 4.78 is 21.7. The van der Waals surface area contributed by atoms with Gasteiger partial charge in [0.1, 0.15) is 17.3 Å². The molecule has 0 saturated heterocycles. The molecule has 0 spiro atoms. The van der Waals surface area contributed by atoms with E-state index in [2.05, 4.69) is 20.8 Å². The van der Waals surface area contributed by atoms with Crippen LogP contribution in [-0.2, 0) is 0 Å². The van der Waals surface area contributed by atoms with Gasteiger partial charge < -0.3 is 24.1 Å². The first-order valence-electron chi connectivity index (χ1n) is 9.46. The number of amides is 2. The quantitative estimate of drug-likeness (QED) is 0.295. The lowest BCUT2D eigenvalue weighted by Crippen LogP contribution is -2.19. The molecule has 0 atom stereocenters. The molecule has 0 bridgehead atoms. The topological polar surface area (TPSA) is 108 Å². The van der Waals surface area contributed by atoms with Crippen LogP contribution in [0.1, 0.15) is 5.76 Å². The Morgan fingerprint density at radius 1 is 0.971 bits per heavy atom. The van der Waals surface area contributed by atoms with E-state index in [1.165, 1.54) is 0 Å². The van der Waals surface area contributed by atoms with Crippen molar-refractivity contribution in [2.45, 2.75) is 6.92 Å². The van der Waals surface area contributed by atoms with Crippen LogP contribution in [0.3, 0.4) is 0 Å². The highest BCUT2D eigenvalue weighted by Gasteiger charge is 2.13. The number of aromatic nitrogens is 2. The van der Waals surface area contributed by atoms with Gasteiger partial charge in [-0.2, -0.15) is 0 Å². The van der Waals surface area contributed by atoms with Gasteiger partial charge in [0.15, 0.2) is 17.3 Å². The number of nitrogens with one attached hydrogen (secondary N) is 2. The summed E-state index contributed by atoms with van der Waals surface area (Å²) >= 11 is 6.35. The second-order valence-corrected chi connectivity index (χ2v) is 7.09. The summed E-state index contributed by atoms with van der Waals surface area (Å²) in [6.07, 6.45) is 1.64. The van der Waals surface area contributed by atoms with Crippen molar-refractivity contribution in [3.8, 4) is 23.0 Å². The molecule has 2 aromatic carbocycles. The molecule has 2 N–H and O–H groups in total. The van der Waals surface area contributed by atoms with E-state index in [9.17, 15) is 4.79 Å². The first kappa shape index (κ1) is 26.8. The fraction of sp³-hybridized carbons (Fsp3) is 0.136. The molecular weight excluding hydrogens is 507 g/mol. The summed E-state index contributed by atoms with van der Waals surface area (Å²) in [6, 6.07) is 11.3. The highest BCUT2D eigenvalue weighted by Crippen LogP contribution is 2.37. The van der Waals surface area contributed by atoms with Gasteiger partial charge in [-0.05, 0) is 31.2 Å². The number of hydrogen-bond donors (Lipinski definition) is 2. The number of rotatable bonds is 6. The molecule has 2 amide bonds. The van der Waals surface area contributed by atoms with E-state index >= 15 is 0 Å². The smallest absolute Gasteiger partial charge is 0.324 e. The molecule has 2 aromatic heterocycles. The summed E-state index contributed by atoms with van der Waals surface area (Å²) in [4.78, 5) is 16.5. The standard InChI is InChI=1S/C22H19ClN4O5.2ClH/c1-12-8-21(27-32-12)26-22(28)25-16-5-4-13(9-15(16)23)31-18-6-7-24-17-11-20(30-3)19(29-2)10-14(17)18;;/h4-11H,1-3H3,(H2,25,26,27,28);2*1H. The molecule has 12 heteroatoms. The van der Waals surface area contributed by atoms with E-state index in [0.29, 0.717) is 50.8 Å². The van der Waals surface area contributed by atoms with E-state index in [1.54, 1.807) is 69.8 Å². The van der Waals surface area contributed by atoms with Crippen LogP contribution in [0.4, 0.5) is 16.3 Å². The summed E-state index contributed by atoms with van der Waals surface area (Å²) in [5, 5.41) is 9.96. The zero-order valence-electron chi connectivity index (χ0n) is 18.2. The maximum absolute atomic E-state index is 12.2. The molecule has 0 saturated carbocycles. The van der Waals surface area contributed by atoms with Gasteiger partial charge in [0, 0.05) is 29.8 Å². The molecule has 9 nitrogen and oxygen atoms in total. The predicted octanol–water partition coefficient (Wildman–Crippen LogP) is 6.48. The number of carbonyl (C=O) groups is 1. The highest BCUT2D eigenvalue weighted by atomic mass is 35.5. The normalized spacial score (nSPS) is 10.0. The largest absolute Gasteiger partial charge is 0.493 e. The number of carbonyl (C=O) groups excluding carboxylic acids is 1. The Bertz CT molecular complexity index is 1300. The van der Waals surface area contributed by atoms with Gasteiger partial charge in [-0.25, -0.2) is 4.79 Å². The molecule has 34 heavy (non-hydrogen) atoms. The molecular formula is C22H21Cl3N4O5. The molecule has 4 rings (SSSR count). The van der Waals surface area contributed by atoms with Crippen molar-refractivity contribution in [3.05, 3.63) is 59.4 Å².